The fourth-order valence-electron chi connectivity index (χ4n) is 2.22. The van der Waals surface area contributed by atoms with Gasteiger partial charge in [0.05, 0.1) is 6.04 Å². The number of carbonyl (C=O) groups is 1. The number of pyridine rings is 1. The van der Waals surface area contributed by atoms with Crippen LogP contribution in [0.4, 0.5) is 0 Å². The maximum absolute atomic E-state index is 12.0. The van der Waals surface area contributed by atoms with E-state index in [-0.39, 0.29) is 11.9 Å². The van der Waals surface area contributed by atoms with Gasteiger partial charge in [-0.15, -0.1) is 10.2 Å². The van der Waals surface area contributed by atoms with Crippen molar-refractivity contribution in [2.24, 2.45) is 0 Å². The van der Waals surface area contributed by atoms with E-state index in [4.69, 9.17) is 0 Å². The van der Waals surface area contributed by atoms with Crippen molar-refractivity contribution in [3.05, 3.63) is 72.2 Å². The van der Waals surface area contributed by atoms with Crippen molar-refractivity contribution in [1.82, 2.24) is 19.9 Å². The lowest BCUT2D eigenvalue weighted by atomic mass is 10.2. The highest BCUT2D eigenvalue weighted by molar-refractivity contribution is 5.91. The molecule has 1 aromatic carbocycles. The molecule has 0 aliphatic rings. The normalized spacial score (nSPS) is 12.6. The van der Waals surface area contributed by atoms with Crippen molar-refractivity contribution in [3.63, 3.8) is 0 Å². The Balaban J connectivity index is 1.70. The minimum Gasteiger partial charge on any atom is -0.343 e. The lowest BCUT2D eigenvalue weighted by molar-refractivity contribution is -0.117. The average Bonchev–Trinajstić information content (AvgIpc) is 2.98. The molecule has 3 aromatic rings. The molecule has 0 radical (unpaired) electrons. The van der Waals surface area contributed by atoms with Crippen LogP contribution in [-0.2, 0) is 4.79 Å². The second kappa shape index (κ2) is 6.22. The summed E-state index contributed by atoms with van der Waals surface area (Å²) in [4.78, 5) is 12.0. The zero-order valence-corrected chi connectivity index (χ0v) is 12.2. The van der Waals surface area contributed by atoms with Gasteiger partial charge in [-0.2, -0.15) is 0 Å². The quantitative estimate of drug-likeness (QED) is 0.752. The van der Waals surface area contributed by atoms with Crippen LogP contribution in [0.5, 0.6) is 0 Å². The molecule has 2 heterocycles. The molecule has 0 saturated heterocycles. The lowest BCUT2D eigenvalue weighted by Crippen LogP contribution is -2.26. The molecule has 0 spiro atoms. The number of amides is 1. The molecular weight excluding hydrogens is 276 g/mol. The van der Waals surface area contributed by atoms with Crippen molar-refractivity contribution in [1.29, 1.82) is 0 Å². The Kier molecular flexibility index (Phi) is 3.96. The predicted molar refractivity (Wildman–Crippen MR) is 85.0 cm³/mol. The number of hydrogen-bond donors (Lipinski definition) is 1. The largest absolute Gasteiger partial charge is 0.343 e. The monoisotopic (exact) mass is 292 g/mol. The topological polar surface area (TPSA) is 59.3 Å². The Morgan fingerprint density at radius 2 is 1.91 bits per heavy atom. The van der Waals surface area contributed by atoms with E-state index < -0.39 is 0 Å². The van der Waals surface area contributed by atoms with Crippen molar-refractivity contribution in [3.8, 4) is 0 Å². The summed E-state index contributed by atoms with van der Waals surface area (Å²) in [6, 6.07) is 15.1. The van der Waals surface area contributed by atoms with Crippen LogP contribution in [0.15, 0.2) is 60.8 Å². The van der Waals surface area contributed by atoms with Crippen LogP contribution in [0.3, 0.4) is 0 Å². The maximum Gasteiger partial charge on any atom is 0.244 e. The molecule has 22 heavy (non-hydrogen) atoms. The zero-order valence-electron chi connectivity index (χ0n) is 12.2. The fourth-order valence-corrected chi connectivity index (χ4v) is 2.22. The van der Waals surface area contributed by atoms with E-state index in [2.05, 4.69) is 15.5 Å². The molecule has 0 bridgehead atoms. The highest BCUT2D eigenvalue weighted by Crippen LogP contribution is 2.11. The molecule has 3 rings (SSSR count). The first-order chi connectivity index (χ1) is 10.7. The number of hydrogen-bond acceptors (Lipinski definition) is 3. The van der Waals surface area contributed by atoms with Crippen LogP contribution in [0.1, 0.15) is 24.4 Å². The van der Waals surface area contributed by atoms with E-state index in [0.717, 1.165) is 11.2 Å². The number of benzene rings is 1. The number of nitrogens with zero attached hydrogens (tertiary/aromatic N) is 3. The van der Waals surface area contributed by atoms with Gasteiger partial charge in [-0.25, -0.2) is 0 Å². The van der Waals surface area contributed by atoms with Crippen LogP contribution in [0.2, 0.25) is 0 Å². The Morgan fingerprint density at radius 3 is 2.73 bits per heavy atom. The molecule has 5 nitrogen and oxygen atoms in total. The van der Waals surface area contributed by atoms with Crippen molar-refractivity contribution in [2.75, 3.05) is 0 Å². The van der Waals surface area contributed by atoms with E-state index in [9.17, 15) is 4.79 Å². The molecule has 1 N–H and O–H groups in total. The number of nitrogens with one attached hydrogen (secondary N) is 1. The number of rotatable bonds is 4. The highest BCUT2D eigenvalue weighted by Gasteiger charge is 2.14. The van der Waals surface area contributed by atoms with Crippen molar-refractivity contribution >= 4 is 17.6 Å². The van der Waals surface area contributed by atoms with Crippen LogP contribution in [0, 0.1) is 0 Å². The second-order valence-electron chi connectivity index (χ2n) is 4.96. The van der Waals surface area contributed by atoms with Crippen LogP contribution in [0.25, 0.3) is 11.7 Å². The summed E-state index contributed by atoms with van der Waals surface area (Å²) in [5, 5.41) is 11.1. The van der Waals surface area contributed by atoms with Gasteiger partial charge in [-0.3, -0.25) is 9.20 Å². The molecule has 0 aliphatic carbocycles. The second-order valence-corrected chi connectivity index (χ2v) is 4.96. The summed E-state index contributed by atoms with van der Waals surface area (Å²) < 4.78 is 1.87. The Labute approximate surface area is 128 Å². The maximum atomic E-state index is 12.0. The van der Waals surface area contributed by atoms with E-state index in [0.29, 0.717) is 5.82 Å². The first-order valence-electron chi connectivity index (χ1n) is 7.07. The molecule has 110 valence electrons. The van der Waals surface area contributed by atoms with Crippen molar-refractivity contribution in [2.45, 2.75) is 13.0 Å². The summed E-state index contributed by atoms with van der Waals surface area (Å²) >= 11 is 0. The molecule has 5 heteroatoms. The van der Waals surface area contributed by atoms with Crippen LogP contribution >= 0.6 is 0 Å². The summed E-state index contributed by atoms with van der Waals surface area (Å²) in [7, 11) is 0. The van der Waals surface area contributed by atoms with Gasteiger partial charge in [0.25, 0.3) is 0 Å². The Morgan fingerprint density at radius 1 is 1.14 bits per heavy atom. The molecule has 0 saturated carbocycles. The number of carbonyl (C=O) groups excluding carboxylic acids is 1. The van der Waals surface area contributed by atoms with E-state index in [1.807, 2.05) is 66.1 Å². The summed E-state index contributed by atoms with van der Waals surface area (Å²) in [6.07, 6.45) is 5.19. The highest BCUT2D eigenvalue weighted by atomic mass is 16.1. The van der Waals surface area contributed by atoms with Gasteiger partial charge in [0.15, 0.2) is 11.5 Å². The van der Waals surface area contributed by atoms with Gasteiger partial charge in [0.2, 0.25) is 5.91 Å². The minimum absolute atomic E-state index is 0.163. The fraction of sp³-hybridized carbons (Fsp3) is 0.118. The predicted octanol–water partition coefficient (Wildman–Crippen LogP) is 2.62. The smallest absolute Gasteiger partial charge is 0.244 e. The molecular formula is C17H16N4O. The Hall–Kier alpha value is -2.95. The minimum atomic E-state index is -0.231. The molecule has 0 fully saturated rings. The van der Waals surface area contributed by atoms with Gasteiger partial charge in [-0.1, -0.05) is 36.4 Å². The summed E-state index contributed by atoms with van der Waals surface area (Å²) in [6.45, 7) is 1.89. The lowest BCUT2D eigenvalue weighted by Gasteiger charge is -2.10. The van der Waals surface area contributed by atoms with Crippen LogP contribution in [-0.4, -0.2) is 20.5 Å². The number of fused-ring (bicyclic) bond motifs is 1. The van der Waals surface area contributed by atoms with Gasteiger partial charge in [0.1, 0.15) is 0 Å². The first kappa shape index (κ1) is 14.0. The van der Waals surface area contributed by atoms with Gasteiger partial charge in [-0.05, 0) is 30.7 Å². The standard InChI is InChI=1S/C17H16N4O/c1-13(17-20-19-15-9-5-6-12-21(15)17)18-16(22)11-10-14-7-3-2-4-8-14/h2-13H,1H3,(H,18,22)/b11-10+. The van der Waals surface area contributed by atoms with E-state index >= 15 is 0 Å². The molecule has 1 unspecified atom stereocenters. The van der Waals surface area contributed by atoms with Crippen molar-refractivity contribution < 1.29 is 4.79 Å². The average molecular weight is 292 g/mol. The zero-order chi connectivity index (χ0) is 15.4. The first-order valence-corrected chi connectivity index (χ1v) is 7.07. The third kappa shape index (κ3) is 3.03. The summed E-state index contributed by atoms with van der Waals surface area (Å²) in [5.41, 5.74) is 1.75. The number of aromatic nitrogens is 3. The molecule has 1 amide bonds. The van der Waals surface area contributed by atoms with Crippen LogP contribution < -0.4 is 5.32 Å². The molecule has 0 aliphatic heterocycles. The third-order valence-corrected chi connectivity index (χ3v) is 3.31. The van der Waals surface area contributed by atoms with Gasteiger partial charge < -0.3 is 5.32 Å². The SMILES string of the molecule is CC(NC(=O)/C=C/c1ccccc1)c1nnc2ccccn12. The van der Waals surface area contributed by atoms with E-state index in [1.165, 1.54) is 6.08 Å². The third-order valence-electron chi connectivity index (χ3n) is 3.31. The van der Waals surface area contributed by atoms with Gasteiger partial charge in [0, 0.05) is 12.3 Å². The summed E-state index contributed by atoms with van der Waals surface area (Å²) in [5.74, 6) is 0.543. The molecule has 2 aromatic heterocycles. The Bertz CT molecular complexity index is 808. The van der Waals surface area contributed by atoms with E-state index in [1.54, 1.807) is 6.08 Å². The van der Waals surface area contributed by atoms with Gasteiger partial charge >= 0.3 is 0 Å². The molecule has 1 atom stereocenters.